The van der Waals surface area contributed by atoms with Gasteiger partial charge in [0.05, 0.1) is 14.2 Å². The highest BCUT2D eigenvalue weighted by atomic mass is 79.9. The summed E-state index contributed by atoms with van der Waals surface area (Å²) >= 11 is 5.02. The van der Waals surface area contributed by atoms with Gasteiger partial charge >= 0.3 is 0 Å². The standard InChI is InChI=1S/C15H16BrNO3S/c1-17(8-10-4-5-21-9-10)15(18)11-6-12(19-2)14(16)13(7-11)20-3/h4-7,9H,8H2,1-3H3. The molecule has 21 heavy (non-hydrogen) atoms. The van der Waals surface area contributed by atoms with E-state index in [0.717, 1.165) is 5.56 Å². The molecule has 4 nitrogen and oxygen atoms in total. The number of methoxy groups -OCH3 is 2. The molecule has 1 aromatic heterocycles. The zero-order chi connectivity index (χ0) is 15.4. The summed E-state index contributed by atoms with van der Waals surface area (Å²) in [4.78, 5) is 14.2. The molecule has 0 fully saturated rings. The number of nitrogens with zero attached hydrogens (tertiary/aromatic N) is 1. The van der Waals surface area contributed by atoms with E-state index >= 15 is 0 Å². The molecule has 0 aliphatic heterocycles. The molecule has 0 saturated carbocycles. The van der Waals surface area contributed by atoms with E-state index in [1.807, 2.05) is 16.8 Å². The summed E-state index contributed by atoms with van der Waals surface area (Å²) in [6.07, 6.45) is 0. The molecule has 0 unspecified atom stereocenters. The fraction of sp³-hybridized carbons (Fsp3) is 0.267. The Morgan fingerprint density at radius 2 is 1.90 bits per heavy atom. The summed E-state index contributed by atoms with van der Waals surface area (Å²) in [5, 5.41) is 4.03. The minimum Gasteiger partial charge on any atom is -0.495 e. The smallest absolute Gasteiger partial charge is 0.254 e. The van der Waals surface area contributed by atoms with Crippen LogP contribution in [0.5, 0.6) is 11.5 Å². The van der Waals surface area contributed by atoms with Gasteiger partial charge in [0.15, 0.2) is 0 Å². The minimum absolute atomic E-state index is 0.0784. The van der Waals surface area contributed by atoms with Crippen molar-refractivity contribution in [1.29, 1.82) is 0 Å². The molecule has 6 heteroatoms. The van der Waals surface area contributed by atoms with Crippen molar-refractivity contribution >= 4 is 33.2 Å². The van der Waals surface area contributed by atoms with E-state index in [4.69, 9.17) is 9.47 Å². The number of carbonyl (C=O) groups excluding carboxylic acids is 1. The third kappa shape index (κ3) is 3.57. The number of rotatable bonds is 5. The van der Waals surface area contributed by atoms with Gasteiger partial charge in [-0.15, -0.1) is 0 Å². The highest BCUT2D eigenvalue weighted by Gasteiger charge is 2.17. The van der Waals surface area contributed by atoms with E-state index in [0.29, 0.717) is 28.1 Å². The predicted octanol–water partition coefficient (Wildman–Crippen LogP) is 3.80. The quantitative estimate of drug-likeness (QED) is 0.804. The van der Waals surface area contributed by atoms with Crippen LogP contribution in [0.25, 0.3) is 0 Å². The van der Waals surface area contributed by atoms with Gasteiger partial charge in [0.2, 0.25) is 0 Å². The van der Waals surface area contributed by atoms with Gasteiger partial charge in [-0.2, -0.15) is 11.3 Å². The zero-order valence-electron chi connectivity index (χ0n) is 12.1. The van der Waals surface area contributed by atoms with E-state index < -0.39 is 0 Å². The first-order valence-corrected chi connectivity index (χ1v) is 7.98. The second-order valence-electron chi connectivity index (χ2n) is 4.49. The van der Waals surface area contributed by atoms with E-state index in [2.05, 4.69) is 15.9 Å². The SMILES string of the molecule is COc1cc(C(=O)N(C)Cc2ccsc2)cc(OC)c1Br. The Morgan fingerprint density at radius 3 is 2.38 bits per heavy atom. The molecule has 0 saturated heterocycles. The highest BCUT2D eigenvalue weighted by Crippen LogP contribution is 2.35. The second kappa shape index (κ2) is 6.95. The van der Waals surface area contributed by atoms with E-state index in [1.54, 1.807) is 49.6 Å². The summed E-state index contributed by atoms with van der Waals surface area (Å²) in [6.45, 7) is 0.572. The maximum absolute atomic E-state index is 12.5. The van der Waals surface area contributed by atoms with Crippen molar-refractivity contribution in [2.75, 3.05) is 21.3 Å². The molecule has 1 heterocycles. The van der Waals surface area contributed by atoms with E-state index in [-0.39, 0.29) is 5.91 Å². The first-order chi connectivity index (χ1) is 10.1. The Morgan fingerprint density at radius 1 is 1.29 bits per heavy atom. The van der Waals surface area contributed by atoms with Crippen LogP contribution in [0.15, 0.2) is 33.4 Å². The van der Waals surface area contributed by atoms with Crippen molar-refractivity contribution in [3.05, 3.63) is 44.6 Å². The molecule has 1 amide bonds. The van der Waals surface area contributed by atoms with Gasteiger partial charge in [-0.3, -0.25) is 4.79 Å². The fourth-order valence-corrected chi connectivity index (χ4v) is 3.15. The van der Waals surface area contributed by atoms with Crippen LogP contribution in [0.1, 0.15) is 15.9 Å². The first kappa shape index (κ1) is 15.9. The number of amides is 1. The Kier molecular flexibility index (Phi) is 5.25. The van der Waals surface area contributed by atoms with Crippen LogP contribution in [0.2, 0.25) is 0 Å². The van der Waals surface area contributed by atoms with Gasteiger partial charge in [-0.25, -0.2) is 0 Å². The Hall–Kier alpha value is -1.53. The lowest BCUT2D eigenvalue weighted by Gasteiger charge is -2.18. The van der Waals surface area contributed by atoms with Gasteiger partial charge < -0.3 is 14.4 Å². The van der Waals surface area contributed by atoms with Crippen LogP contribution in [-0.4, -0.2) is 32.1 Å². The molecule has 0 spiro atoms. The number of hydrogen-bond donors (Lipinski definition) is 0. The Bertz CT molecular complexity index is 603. The summed E-state index contributed by atoms with van der Waals surface area (Å²) in [5.41, 5.74) is 1.65. The maximum Gasteiger partial charge on any atom is 0.254 e. The molecule has 2 aromatic rings. The highest BCUT2D eigenvalue weighted by molar-refractivity contribution is 9.10. The molecule has 0 bridgehead atoms. The van der Waals surface area contributed by atoms with Crippen LogP contribution in [0.3, 0.4) is 0 Å². The molecule has 2 rings (SSSR count). The van der Waals surface area contributed by atoms with Gasteiger partial charge in [0.1, 0.15) is 16.0 Å². The molecule has 0 N–H and O–H groups in total. The molecule has 112 valence electrons. The average Bonchev–Trinajstić information content (AvgIpc) is 2.99. The molecule has 0 aliphatic carbocycles. The summed E-state index contributed by atoms with van der Waals surface area (Å²) in [5.74, 6) is 1.06. The second-order valence-corrected chi connectivity index (χ2v) is 6.06. The number of hydrogen-bond acceptors (Lipinski definition) is 4. The maximum atomic E-state index is 12.5. The third-order valence-corrected chi connectivity index (χ3v) is 4.55. The molecule has 1 aromatic carbocycles. The molecule has 0 radical (unpaired) electrons. The number of benzene rings is 1. The number of halogens is 1. The molecular formula is C15H16BrNO3S. The molecular weight excluding hydrogens is 354 g/mol. The van der Waals surface area contributed by atoms with Gasteiger partial charge in [0.25, 0.3) is 5.91 Å². The summed E-state index contributed by atoms with van der Waals surface area (Å²) < 4.78 is 11.2. The van der Waals surface area contributed by atoms with Crippen LogP contribution in [0.4, 0.5) is 0 Å². The number of thiophene rings is 1. The van der Waals surface area contributed by atoms with Crippen LogP contribution < -0.4 is 9.47 Å². The average molecular weight is 370 g/mol. The lowest BCUT2D eigenvalue weighted by molar-refractivity contribution is 0.0784. The van der Waals surface area contributed by atoms with E-state index in [1.165, 1.54) is 0 Å². The topological polar surface area (TPSA) is 38.8 Å². The normalized spacial score (nSPS) is 10.3. The number of ether oxygens (including phenoxy) is 2. The lowest BCUT2D eigenvalue weighted by atomic mass is 10.1. The van der Waals surface area contributed by atoms with Gasteiger partial charge in [0, 0.05) is 19.2 Å². The largest absolute Gasteiger partial charge is 0.495 e. The van der Waals surface area contributed by atoms with Gasteiger partial charge in [-0.1, -0.05) is 0 Å². The van der Waals surface area contributed by atoms with E-state index in [9.17, 15) is 4.79 Å². The summed E-state index contributed by atoms with van der Waals surface area (Å²) in [6, 6.07) is 5.43. The minimum atomic E-state index is -0.0784. The first-order valence-electron chi connectivity index (χ1n) is 6.25. The van der Waals surface area contributed by atoms with Crippen molar-refractivity contribution in [1.82, 2.24) is 4.90 Å². The zero-order valence-corrected chi connectivity index (χ0v) is 14.5. The summed E-state index contributed by atoms with van der Waals surface area (Å²) in [7, 11) is 4.90. The van der Waals surface area contributed by atoms with Crippen molar-refractivity contribution < 1.29 is 14.3 Å². The monoisotopic (exact) mass is 369 g/mol. The molecule has 0 aliphatic rings. The van der Waals surface area contributed by atoms with Crippen LogP contribution in [-0.2, 0) is 6.54 Å². The van der Waals surface area contributed by atoms with Crippen LogP contribution >= 0.6 is 27.3 Å². The van der Waals surface area contributed by atoms with Gasteiger partial charge in [-0.05, 0) is 50.5 Å². The van der Waals surface area contributed by atoms with Crippen molar-refractivity contribution in [3.8, 4) is 11.5 Å². The fourth-order valence-electron chi connectivity index (χ4n) is 1.94. The number of carbonyl (C=O) groups is 1. The van der Waals surface area contributed by atoms with Crippen molar-refractivity contribution in [2.24, 2.45) is 0 Å². The predicted molar refractivity (Wildman–Crippen MR) is 87.4 cm³/mol. The lowest BCUT2D eigenvalue weighted by Crippen LogP contribution is -2.26. The van der Waals surface area contributed by atoms with Crippen molar-refractivity contribution in [3.63, 3.8) is 0 Å². The van der Waals surface area contributed by atoms with Crippen molar-refractivity contribution in [2.45, 2.75) is 6.54 Å². The molecule has 0 atom stereocenters. The van der Waals surface area contributed by atoms with Crippen LogP contribution in [0, 0.1) is 0 Å². The third-order valence-electron chi connectivity index (χ3n) is 3.04. The Labute approximate surface area is 136 Å². The Balaban J connectivity index is 2.26.